The van der Waals surface area contributed by atoms with Crippen molar-refractivity contribution in [3.8, 4) is 11.5 Å². The van der Waals surface area contributed by atoms with Crippen LogP contribution in [0.15, 0.2) is 42.5 Å². The Kier molecular flexibility index (Phi) is 10.0. The number of aryl methyl sites for hydroxylation is 1. The van der Waals surface area contributed by atoms with Crippen molar-refractivity contribution in [2.45, 2.75) is 52.9 Å². The van der Waals surface area contributed by atoms with Crippen LogP contribution in [0, 0.1) is 11.8 Å². The van der Waals surface area contributed by atoms with Crippen molar-refractivity contribution in [3.05, 3.63) is 48.0 Å². The molecule has 0 saturated heterocycles. The highest BCUT2D eigenvalue weighted by molar-refractivity contribution is 5.90. The normalized spacial score (nSPS) is 17.3. The molecule has 0 spiro atoms. The Bertz CT molecular complexity index is 1040. The Hall–Kier alpha value is -3.02. The molecule has 3 aromatic rings. The lowest BCUT2D eigenvalue weighted by molar-refractivity contribution is 0.300. The second kappa shape index (κ2) is 13.2. The number of rotatable bonds is 8. The van der Waals surface area contributed by atoms with E-state index in [2.05, 4.69) is 47.2 Å². The zero-order valence-corrected chi connectivity index (χ0v) is 22.3. The van der Waals surface area contributed by atoms with Gasteiger partial charge in [-0.05, 0) is 61.8 Å². The molecule has 0 radical (unpaired) electrons. The van der Waals surface area contributed by atoms with Crippen LogP contribution in [0.3, 0.4) is 0 Å². The summed E-state index contributed by atoms with van der Waals surface area (Å²) in [6, 6.07) is 14.2. The van der Waals surface area contributed by atoms with Gasteiger partial charge in [-0.3, -0.25) is 0 Å². The van der Waals surface area contributed by atoms with Crippen LogP contribution in [0.5, 0.6) is 11.5 Å². The molecule has 190 valence electrons. The number of nitrogens with zero attached hydrogens (tertiary/aromatic N) is 3. The van der Waals surface area contributed by atoms with Crippen LogP contribution >= 0.6 is 0 Å². The lowest BCUT2D eigenvalue weighted by Gasteiger charge is -2.26. The Labute approximate surface area is 211 Å². The van der Waals surface area contributed by atoms with E-state index in [1.807, 2.05) is 45.3 Å². The molecular weight excluding hydrogens is 436 g/mol. The number of methoxy groups -OCH3 is 1. The van der Waals surface area contributed by atoms with Gasteiger partial charge >= 0.3 is 0 Å². The number of hydrogen-bond donors (Lipinski definition) is 1. The largest absolute Gasteiger partial charge is 0.493 e. The summed E-state index contributed by atoms with van der Waals surface area (Å²) >= 11 is 0. The SMILES string of the molecule is CC1CCC(CNc2nc(N(C)C)c3ccccc3n2)CC1.CCOc1c(CC)cccc1OC. The number of aromatic nitrogens is 2. The molecule has 1 saturated carbocycles. The Morgan fingerprint density at radius 1 is 0.971 bits per heavy atom. The number of fused-ring (bicyclic) bond motifs is 1. The second-order valence-corrected chi connectivity index (χ2v) is 9.52. The third kappa shape index (κ3) is 7.23. The first kappa shape index (κ1) is 26.6. The summed E-state index contributed by atoms with van der Waals surface area (Å²) in [7, 11) is 5.72. The van der Waals surface area contributed by atoms with Gasteiger partial charge in [0.05, 0.1) is 19.2 Å². The molecule has 1 aliphatic rings. The molecule has 6 nitrogen and oxygen atoms in total. The fourth-order valence-corrected chi connectivity index (χ4v) is 4.56. The molecule has 0 bridgehead atoms. The minimum absolute atomic E-state index is 0.674. The van der Waals surface area contributed by atoms with Crippen LogP contribution < -0.4 is 19.7 Å². The number of benzene rings is 2. The van der Waals surface area contributed by atoms with Crippen molar-refractivity contribution in [1.82, 2.24) is 9.97 Å². The quantitative estimate of drug-likeness (QED) is 0.394. The summed E-state index contributed by atoms with van der Waals surface area (Å²) in [5.74, 6) is 5.09. The number of nitrogens with one attached hydrogen (secondary N) is 1. The van der Waals surface area contributed by atoms with Gasteiger partial charge in [-0.2, -0.15) is 4.98 Å². The lowest BCUT2D eigenvalue weighted by Crippen LogP contribution is -2.21. The number of hydrogen-bond acceptors (Lipinski definition) is 6. The van der Waals surface area contributed by atoms with Crippen molar-refractivity contribution in [2.75, 3.05) is 44.6 Å². The summed E-state index contributed by atoms with van der Waals surface area (Å²) < 4.78 is 10.7. The second-order valence-electron chi connectivity index (χ2n) is 9.52. The molecular formula is C29H42N4O2. The van der Waals surface area contributed by atoms with Gasteiger partial charge < -0.3 is 19.7 Å². The molecule has 4 rings (SSSR count). The van der Waals surface area contributed by atoms with E-state index < -0.39 is 0 Å². The predicted octanol–water partition coefficient (Wildman–Crippen LogP) is 6.59. The van der Waals surface area contributed by atoms with Crippen LogP contribution in [0.4, 0.5) is 11.8 Å². The predicted molar refractivity (Wildman–Crippen MR) is 147 cm³/mol. The smallest absolute Gasteiger partial charge is 0.225 e. The zero-order valence-electron chi connectivity index (χ0n) is 22.3. The van der Waals surface area contributed by atoms with Gasteiger partial charge in [0.1, 0.15) is 5.82 Å². The van der Waals surface area contributed by atoms with Crippen LogP contribution in [0.2, 0.25) is 0 Å². The lowest BCUT2D eigenvalue weighted by atomic mass is 9.83. The Morgan fingerprint density at radius 3 is 2.37 bits per heavy atom. The third-order valence-corrected chi connectivity index (χ3v) is 6.64. The van der Waals surface area contributed by atoms with Crippen molar-refractivity contribution < 1.29 is 9.47 Å². The molecule has 0 atom stereocenters. The number of para-hydroxylation sites is 2. The standard InChI is InChI=1S/C18H26N4.C11H16O2/c1-13-8-10-14(11-9-13)12-19-18-20-16-7-5-4-6-15(16)17(21-18)22(2)3;1-4-9-7-6-8-10(12-3)11(9)13-5-2/h4-7,13-14H,8-12H2,1-3H3,(H,19,20,21);6-8H,4-5H2,1-3H3. The summed E-state index contributed by atoms with van der Waals surface area (Å²) in [6.07, 6.45) is 6.32. The molecule has 1 aromatic heterocycles. The Balaban J connectivity index is 0.000000225. The zero-order chi connectivity index (χ0) is 25.2. The molecule has 1 heterocycles. The molecule has 0 aliphatic heterocycles. The van der Waals surface area contributed by atoms with Gasteiger partial charge in [-0.15, -0.1) is 0 Å². The maximum absolute atomic E-state index is 5.52. The fourth-order valence-electron chi connectivity index (χ4n) is 4.56. The van der Waals surface area contributed by atoms with Crippen LogP contribution in [0.25, 0.3) is 10.9 Å². The van der Waals surface area contributed by atoms with Gasteiger partial charge in [-0.1, -0.05) is 51.0 Å². The fraction of sp³-hybridized carbons (Fsp3) is 0.517. The van der Waals surface area contributed by atoms with Crippen molar-refractivity contribution in [1.29, 1.82) is 0 Å². The summed E-state index contributed by atoms with van der Waals surface area (Å²) in [4.78, 5) is 11.4. The molecule has 0 unspecified atom stereocenters. The van der Waals surface area contributed by atoms with E-state index >= 15 is 0 Å². The maximum atomic E-state index is 5.52. The van der Waals surface area contributed by atoms with Crippen molar-refractivity contribution in [3.63, 3.8) is 0 Å². The van der Waals surface area contributed by atoms with E-state index in [4.69, 9.17) is 14.5 Å². The molecule has 1 N–H and O–H groups in total. The number of ether oxygens (including phenoxy) is 2. The first-order valence-corrected chi connectivity index (χ1v) is 12.9. The topological polar surface area (TPSA) is 59.5 Å². The highest BCUT2D eigenvalue weighted by Crippen LogP contribution is 2.31. The molecule has 1 fully saturated rings. The summed E-state index contributed by atoms with van der Waals surface area (Å²) in [5.41, 5.74) is 2.20. The van der Waals surface area contributed by atoms with Gasteiger partial charge in [0, 0.05) is 26.0 Å². The maximum Gasteiger partial charge on any atom is 0.225 e. The first-order valence-electron chi connectivity index (χ1n) is 12.9. The summed E-state index contributed by atoms with van der Waals surface area (Å²) in [6.45, 7) is 8.11. The van der Waals surface area contributed by atoms with E-state index in [0.29, 0.717) is 6.61 Å². The van der Waals surface area contributed by atoms with E-state index in [1.54, 1.807) is 7.11 Å². The monoisotopic (exact) mass is 478 g/mol. The molecule has 2 aromatic carbocycles. The van der Waals surface area contributed by atoms with Crippen molar-refractivity contribution in [2.24, 2.45) is 11.8 Å². The minimum atomic E-state index is 0.674. The average Bonchev–Trinajstić information content (AvgIpc) is 2.88. The van der Waals surface area contributed by atoms with E-state index in [9.17, 15) is 0 Å². The van der Waals surface area contributed by atoms with E-state index in [1.165, 1.54) is 31.2 Å². The first-order chi connectivity index (χ1) is 17.0. The highest BCUT2D eigenvalue weighted by atomic mass is 16.5. The van der Waals surface area contributed by atoms with Gasteiger partial charge in [-0.25, -0.2) is 4.98 Å². The van der Waals surface area contributed by atoms with E-state index in [-0.39, 0.29) is 0 Å². The average molecular weight is 479 g/mol. The number of anilines is 2. The highest BCUT2D eigenvalue weighted by Gasteiger charge is 2.18. The summed E-state index contributed by atoms with van der Waals surface area (Å²) in [5, 5.41) is 4.57. The third-order valence-electron chi connectivity index (χ3n) is 6.64. The minimum Gasteiger partial charge on any atom is -0.493 e. The van der Waals surface area contributed by atoms with Gasteiger partial charge in [0.15, 0.2) is 11.5 Å². The van der Waals surface area contributed by atoms with Gasteiger partial charge in [0.2, 0.25) is 5.95 Å². The molecule has 35 heavy (non-hydrogen) atoms. The Morgan fingerprint density at radius 2 is 1.71 bits per heavy atom. The molecule has 1 aliphatic carbocycles. The van der Waals surface area contributed by atoms with E-state index in [0.717, 1.165) is 59.0 Å². The molecule has 6 heteroatoms. The van der Waals surface area contributed by atoms with Crippen LogP contribution in [0.1, 0.15) is 52.0 Å². The molecule has 0 amide bonds. The van der Waals surface area contributed by atoms with Gasteiger partial charge in [0.25, 0.3) is 0 Å². The van der Waals surface area contributed by atoms with Crippen molar-refractivity contribution >= 4 is 22.7 Å². The van der Waals surface area contributed by atoms with Crippen LogP contribution in [-0.2, 0) is 6.42 Å². The van der Waals surface area contributed by atoms with Crippen LogP contribution in [-0.4, -0.2) is 44.3 Å².